The maximum Gasteiger partial charge on any atom is 0.316 e. The number of primary amides is 1. The largest absolute Gasteiger partial charge is 0.493 e. The van der Waals surface area contributed by atoms with E-state index in [-0.39, 0.29) is 11.9 Å². The van der Waals surface area contributed by atoms with Gasteiger partial charge in [-0.2, -0.15) is 0 Å². The van der Waals surface area contributed by atoms with Gasteiger partial charge in [0.05, 0.1) is 27.0 Å². The van der Waals surface area contributed by atoms with E-state index in [1.807, 2.05) is 6.07 Å². The van der Waals surface area contributed by atoms with Crippen LogP contribution >= 0.6 is 11.3 Å². The summed E-state index contributed by atoms with van der Waals surface area (Å²) in [5.74, 6) is 1.16. The van der Waals surface area contributed by atoms with Crippen LogP contribution in [-0.4, -0.2) is 52.4 Å². The molecule has 9 nitrogen and oxygen atoms in total. The van der Waals surface area contributed by atoms with Crippen molar-refractivity contribution in [2.24, 2.45) is 5.73 Å². The maximum atomic E-state index is 12.9. The first-order valence-electron chi connectivity index (χ1n) is 9.49. The number of piperidine rings is 1. The van der Waals surface area contributed by atoms with Gasteiger partial charge in [0, 0.05) is 23.0 Å². The predicted molar refractivity (Wildman–Crippen MR) is 116 cm³/mol. The third-order valence-corrected chi connectivity index (χ3v) is 5.97. The van der Waals surface area contributed by atoms with Crippen molar-refractivity contribution in [2.45, 2.75) is 18.9 Å². The molecule has 0 unspecified atom stereocenters. The van der Waals surface area contributed by atoms with Gasteiger partial charge in [-0.15, -0.1) is 11.3 Å². The molecule has 2 aromatic rings. The lowest BCUT2D eigenvalue weighted by Gasteiger charge is -2.23. The van der Waals surface area contributed by atoms with Crippen LogP contribution in [0.4, 0.5) is 10.5 Å². The fourth-order valence-corrected chi connectivity index (χ4v) is 4.48. The number of rotatable bonds is 7. The van der Waals surface area contributed by atoms with E-state index in [0.717, 1.165) is 19.4 Å². The number of thiophene rings is 1. The Balaban J connectivity index is 2.00. The molecule has 1 fully saturated rings. The molecule has 10 heteroatoms. The Labute approximate surface area is 178 Å². The number of ether oxygens (including phenoxy) is 3. The van der Waals surface area contributed by atoms with Gasteiger partial charge in [-0.25, -0.2) is 4.79 Å². The smallest absolute Gasteiger partial charge is 0.316 e. The lowest BCUT2D eigenvalue weighted by molar-refractivity contribution is 0.0935. The second kappa shape index (κ2) is 9.68. The van der Waals surface area contributed by atoms with Crippen molar-refractivity contribution >= 4 is 29.0 Å². The number of amides is 3. The van der Waals surface area contributed by atoms with E-state index < -0.39 is 6.03 Å². The molecule has 0 saturated carbocycles. The van der Waals surface area contributed by atoms with Crippen LogP contribution in [-0.2, 0) is 0 Å². The molecule has 30 heavy (non-hydrogen) atoms. The molecule has 3 rings (SSSR count). The van der Waals surface area contributed by atoms with E-state index in [0.29, 0.717) is 44.8 Å². The highest BCUT2D eigenvalue weighted by atomic mass is 32.1. The van der Waals surface area contributed by atoms with Gasteiger partial charge < -0.3 is 35.9 Å². The number of nitrogens with two attached hydrogens (primary N) is 1. The molecule has 0 spiro atoms. The van der Waals surface area contributed by atoms with Crippen molar-refractivity contribution in [3.05, 3.63) is 23.1 Å². The molecule has 5 N–H and O–H groups in total. The van der Waals surface area contributed by atoms with E-state index in [1.165, 1.54) is 25.6 Å². The number of hydrogen-bond donors (Lipinski definition) is 4. The van der Waals surface area contributed by atoms with Crippen molar-refractivity contribution in [1.82, 2.24) is 10.6 Å². The molecule has 3 amide bonds. The molecule has 2 heterocycles. The Hall–Kier alpha value is -2.98. The number of carbonyl (C=O) groups excluding carboxylic acids is 2. The number of methoxy groups -OCH3 is 3. The van der Waals surface area contributed by atoms with E-state index in [2.05, 4.69) is 16.0 Å². The van der Waals surface area contributed by atoms with Gasteiger partial charge in [0.15, 0.2) is 11.5 Å². The van der Waals surface area contributed by atoms with Gasteiger partial charge in [-0.05, 0) is 37.6 Å². The summed E-state index contributed by atoms with van der Waals surface area (Å²) >= 11 is 1.23. The van der Waals surface area contributed by atoms with Crippen LogP contribution in [0.25, 0.3) is 10.4 Å². The van der Waals surface area contributed by atoms with Gasteiger partial charge in [0.25, 0.3) is 5.91 Å². The molecule has 1 aliphatic heterocycles. The third-order valence-electron chi connectivity index (χ3n) is 4.80. The summed E-state index contributed by atoms with van der Waals surface area (Å²) in [6, 6.07) is 4.56. The Bertz CT molecular complexity index is 924. The molecule has 1 aromatic heterocycles. The van der Waals surface area contributed by atoms with E-state index in [1.54, 1.807) is 19.2 Å². The van der Waals surface area contributed by atoms with E-state index in [9.17, 15) is 9.59 Å². The molecule has 1 aromatic carbocycles. The first-order chi connectivity index (χ1) is 14.5. The third kappa shape index (κ3) is 4.60. The summed E-state index contributed by atoms with van der Waals surface area (Å²) in [5.41, 5.74) is 6.36. The number of hydrogen-bond acceptors (Lipinski definition) is 7. The minimum absolute atomic E-state index is 0.0360. The number of nitrogens with one attached hydrogen (secondary N) is 3. The van der Waals surface area contributed by atoms with Crippen LogP contribution in [0.15, 0.2) is 18.2 Å². The molecule has 0 radical (unpaired) electrons. The molecule has 1 aliphatic rings. The Morgan fingerprint density at radius 2 is 1.93 bits per heavy atom. The first kappa shape index (κ1) is 21.7. The standard InChI is InChI=1S/C20H26N4O5S/c1-27-14-7-6-12(16(28-2)17(14)29-3)15-9-13(24-20(21)26)18(30-15)19(25)23-11-5-4-8-22-10-11/h6-7,9,11,22H,4-5,8,10H2,1-3H3,(H,23,25)(H3,21,24,26)/t11-/m0/s1. The van der Waals surface area contributed by atoms with Gasteiger partial charge in [0.2, 0.25) is 5.75 Å². The lowest BCUT2D eigenvalue weighted by Crippen LogP contribution is -2.45. The second-order valence-corrected chi connectivity index (χ2v) is 7.79. The molecular weight excluding hydrogens is 408 g/mol. The van der Waals surface area contributed by atoms with Gasteiger partial charge in [0.1, 0.15) is 4.88 Å². The molecule has 0 bridgehead atoms. The molecule has 0 aliphatic carbocycles. The van der Waals surface area contributed by atoms with Crippen LogP contribution in [0.2, 0.25) is 0 Å². The molecular formula is C20H26N4O5S. The van der Waals surface area contributed by atoms with Crippen molar-refractivity contribution in [3.63, 3.8) is 0 Å². The summed E-state index contributed by atoms with van der Waals surface area (Å²) < 4.78 is 16.3. The Morgan fingerprint density at radius 3 is 2.53 bits per heavy atom. The average molecular weight is 435 g/mol. The van der Waals surface area contributed by atoms with Crippen LogP contribution in [0, 0.1) is 0 Å². The fourth-order valence-electron chi connectivity index (χ4n) is 3.44. The van der Waals surface area contributed by atoms with Gasteiger partial charge in [-0.1, -0.05) is 0 Å². The highest BCUT2D eigenvalue weighted by molar-refractivity contribution is 7.18. The number of carbonyl (C=O) groups is 2. The second-order valence-electron chi connectivity index (χ2n) is 6.74. The van der Waals surface area contributed by atoms with E-state index >= 15 is 0 Å². The van der Waals surface area contributed by atoms with Crippen molar-refractivity contribution < 1.29 is 23.8 Å². The Kier molecular flexibility index (Phi) is 7.01. The zero-order valence-electron chi connectivity index (χ0n) is 17.2. The maximum absolute atomic E-state index is 12.9. The summed E-state index contributed by atoms with van der Waals surface area (Å²) in [7, 11) is 4.59. The molecule has 1 atom stereocenters. The van der Waals surface area contributed by atoms with Gasteiger partial charge in [-0.3, -0.25) is 4.79 Å². The topological polar surface area (TPSA) is 124 Å². The highest BCUT2D eigenvalue weighted by Crippen LogP contribution is 2.47. The minimum Gasteiger partial charge on any atom is -0.493 e. The van der Waals surface area contributed by atoms with E-state index in [4.69, 9.17) is 19.9 Å². The van der Waals surface area contributed by atoms with Crippen molar-refractivity contribution in [2.75, 3.05) is 39.7 Å². The normalized spacial score (nSPS) is 15.9. The zero-order valence-corrected chi connectivity index (χ0v) is 18.0. The highest BCUT2D eigenvalue weighted by Gasteiger charge is 2.24. The monoisotopic (exact) mass is 434 g/mol. The first-order valence-corrected chi connectivity index (χ1v) is 10.3. The fraction of sp³-hybridized carbons (Fsp3) is 0.400. The number of urea groups is 1. The zero-order chi connectivity index (χ0) is 21.7. The minimum atomic E-state index is -0.744. The van der Waals surface area contributed by atoms with Crippen LogP contribution in [0.1, 0.15) is 22.5 Å². The summed E-state index contributed by atoms with van der Waals surface area (Å²) in [4.78, 5) is 25.5. The molecule has 162 valence electrons. The van der Waals surface area contributed by atoms with Crippen LogP contribution in [0.5, 0.6) is 17.2 Å². The van der Waals surface area contributed by atoms with Gasteiger partial charge >= 0.3 is 6.03 Å². The van der Waals surface area contributed by atoms with Crippen LogP contribution < -0.4 is 35.9 Å². The summed E-state index contributed by atoms with van der Waals surface area (Å²) in [6.07, 6.45) is 1.90. The summed E-state index contributed by atoms with van der Waals surface area (Å²) in [6.45, 7) is 1.66. The summed E-state index contributed by atoms with van der Waals surface area (Å²) in [5, 5.41) is 8.84. The van der Waals surface area contributed by atoms with Crippen molar-refractivity contribution in [3.8, 4) is 27.7 Å². The number of anilines is 1. The van der Waals surface area contributed by atoms with Crippen molar-refractivity contribution in [1.29, 1.82) is 0 Å². The average Bonchev–Trinajstić information content (AvgIpc) is 3.16. The number of benzene rings is 1. The molecule has 1 saturated heterocycles. The quantitative estimate of drug-likeness (QED) is 0.531. The lowest BCUT2D eigenvalue weighted by atomic mass is 10.1. The Morgan fingerprint density at radius 1 is 1.17 bits per heavy atom. The van der Waals surface area contributed by atoms with Crippen LogP contribution in [0.3, 0.4) is 0 Å². The predicted octanol–water partition coefficient (Wildman–Crippen LogP) is 2.41. The SMILES string of the molecule is COc1ccc(-c2cc(NC(N)=O)c(C(=O)N[C@H]3CCCNC3)s2)c(OC)c1OC.